The summed E-state index contributed by atoms with van der Waals surface area (Å²) in [5, 5.41) is 3.73. The number of nitrogens with one attached hydrogen (secondary N) is 2. The van der Waals surface area contributed by atoms with Gasteiger partial charge in [-0.3, -0.25) is 14.6 Å². The summed E-state index contributed by atoms with van der Waals surface area (Å²) in [6.07, 6.45) is 5.89. The lowest BCUT2D eigenvalue weighted by Gasteiger charge is -2.14. The maximum atomic E-state index is 12.6. The van der Waals surface area contributed by atoms with Crippen molar-refractivity contribution in [3.63, 3.8) is 0 Å². The van der Waals surface area contributed by atoms with E-state index in [4.69, 9.17) is 0 Å². The molecule has 130 valence electrons. The highest BCUT2D eigenvalue weighted by Crippen LogP contribution is 2.31. The smallest absolute Gasteiger partial charge is 0.211 e. The maximum Gasteiger partial charge on any atom is 0.211 e. The third kappa shape index (κ3) is 2.44. The Morgan fingerprint density at radius 2 is 2.08 bits per heavy atom. The van der Waals surface area contributed by atoms with Gasteiger partial charge in [0.05, 0.1) is 27.9 Å². The summed E-state index contributed by atoms with van der Waals surface area (Å²) in [6, 6.07) is 6.17. The zero-order valence-electron chi connectivity index (χ0n) is 14.9. The summed E-state index contributed by atoms with van der Waals surface area (Å²) in [7, 11) is 1.63. The minimum atomic E-state index is -0.209. The number of likely N-dealkylation sites (N-methyl/N-ethyl adjacent to an activating group) is 1. The molecule has 0 unspecified atom stereocenters. The standard InChI is InChI=1S/C21H19N3O2/c1-11(2)4-5-12-6-7-13-15(8-12)24-20-18-14(10-23-19(13)20)21(26)16(22-3)9-17(18)25/h4,6-10,22,24H,5H2,1-3H3. The van der Waals surface area contributed by atoms with Gasteiger partial charge >= 0.3 is 0 Å². The minimum Gasteiger partial charge on any atom is -0.385 e. The quantitative estimate of drug-likeness (QED) is 0.710. The van der Waals surface area contributed by atoms with Crippen molar-refractivity contribution in [2.45, 2.75) is 20.3 Å². The van der Waals surface area contributed by atoms with Crippen LogP contribution in [0.15, 0.2) is 47.8 Å². The highest BCUT2D eigenvalue weighted by molar-refractivity contribution is 6.29. The summed E-state index contributed by atoms with van der Waals surface area (Å²) in [5.41, 5.74) is 5.75. The fourth-order valence-corrected chi connectivity index (χ4v) is 3.35. The predicted molar refractivity (Wildman–Crippen MR) is 103 cm³/mol. The molecule has 2 N–H and O–H groups in total. The third-order valence-corrected chi connectivity index (χ3v) is 4.70. The fraction of sp³-hybridized carbons (Fsp3) is 0.190. The number of nitrogens with zero attached hydrogens (tertiary/aromatic N) is 1. The van der Waals surface area contributed by atoms with Gasteiger partial charge in [-0.1, -0.05) is 23.8 Å². The molecule has 0 atom stereocenters. The van der Waals surface area contributed by atoms with Gasteiger partial charge in [-0.15, -0.1) is 0 Å². The van der Waals surface area contributed by atoms with Crippen LogP contribution < -0.4 is 5.32 Å². The first-order valence-corrected chi connectivity index (χ1v) is 8.54. The van der Waals surface area contributed by atoms with Gasteiger partial charge in [-0.2, -0.15) is 0 Å². The molecule has 2 aromatic heterocycles. The third-order valence-electron chi connectivity index (χ3n) is 4.70. The van der Waals surface area contributed by atoms with Gasteiger partial charge in [0.25, 0.3) is 0 Å². The summed E-state index contributed by atoms with van der Waals surface area (Å²) >= 11 is 0. The lowest BCUT2D eigenvalue weighted by atomic mass is 9.93. The molecule has 0 radical (unpaired) electrons. The van der Waals surface area contributed by atoms with Crippen molar-refractivity contribution in [3.05, 3.63) is 64.5 Å². The SMILES string of the molecule is CNC1=CC(=O)c2c(cnc3c2[nH]c2cc(CC=C(C)C)ccc23)C1=O. The van der Waals surface area contributed by atoms with Crippen LogP contribution in [0.2, 0.25) is 0 Å². The molecule has 0 fully saturated rings. The Bertz CT molecular complexity index is 1140. The number of Topliss-reactive ketones (excluding diaryl/α,β-unsaturated/α-hetero) is 1. The van der Waals surface area contributed by atoms with Gasteiger partial charge in [0.2, 0.25) is 5.78 Å². The van der Waals surface area contributed by atoms with Crippen LogP contribution in [0, 0.1) is 0 Å². The maximum absolute atomic E-state index is 12.6. The van der Waals surface area contributed by atoms with Crippen molar-refractivity contribution in [1.29, 1.82) is 0 Å². The number of hydrogen-bond acceptors (Lipinski definition) is 4. The van der Waals surface area contributed by atoms with Gasteiger partial charge in [0, 0.05) is 30.2 Å². The number of allylic oxidation sites excluding steroid dienone is 4. The molecule has 0 amide bonds. The van der Waals surface area contributed by atoms with Crippen molar-refractivity contribution in [1.82, 2.24) is 15.3 Å². The predicted octanol–water partition coefficient (Wildman–Crippen LogP) is 3.71. The van der Waals surface area contributed by atoms with Gasteiger partial charge < -0.3 is 10.3 Å². The molecular formula is C21H19N3O2. The number of aromatic amines is 1. The van der Waals surface area contributed by atoms with Gasteiger partial charge in [0.1, 0.15) is 0 Å². The Balaban J connectivity index is 1.92. The second-order valence-corrected chi connectivity index (χ2v) is 6.76. The number of pyridine rings is 1. The van der Waals surface area contributed by atoms with E-state index in [-0.39, 0.29) is 11.6 Å². The molecule has 0 saturated heterocycles. The van der Waals surface area contributed by atoms with Crippen LogP contribution in [0.5, 0.6) is 0 Å². The Morgan fingerprint density at radius 1 is 1.27 bits per heavy atom. The molecular weight excluding hydrogens is 326 g/mol. The lowest BCUT2D eigenvalue weighted by Crippen LogP contribution is -2.24. The second kappa shape index (κ2) is 5.95. The molecule has 0 bridgehead atoms. The van der Waals surface area contributed by atoms with Crippen molar-refractivity contribution in [2.75, 3.05) is 7.05 Å². The molecule has 0 spiro atoms. The minimum absolute atomic E-state index is 0.187. The molecule has 1 aliphatic carbocycles. The lowest BCUT2D eigenvalue weighted by molar-refractivity contribution is 0.0980. The number of rotatable bonds is 3. The number of aromatic nitrogens is 2. The number of fused-ring (bicyclic) bond motifs is 5. The molecule has 1 aliphatic rings. The number of benzene rings is 1. The van der Waals surface area contributed by atoms with Crippen LogP contribution in [0.3, 0.4) is 0 Å². The average molecular weight is 345 g/mol. The summed E-state index contributed by atoms with van der Waals surface area (Å²) < 4.78 is 0. The number of carbonyl (C=O) groups excluding carboxylic acids is 2. The van der Waals surface area contributed by atoms with Crippen molar-refractivity contribution >= 4 is 33.5 Å². The van der Waals surface area contributed by atoms with E-state index in [1.807, 2.05) is 6.07 Å². The first kappa shape index (κ1) is 16.3. The number of carbonyl (C=O) groups is 2. The van der Waals surface area contributed by atoms with Crippen molar-refractivity contribution in [3.8, 4) is 0 Å². The molecule has 5 heteroatoms. The van der Waals surface area contributed by atoms with Crippen molar-refractivity contribution in [2.24, 2.45) is 0 Å². The summed E-state index contributed by atoms with van der Waals surface area (Å²) in [4.78, 5) is 32.9. The highest BCUT2D eigenvalue weighted by Gasteiger charge is 2.28. The van der Waals surface area contributed by atoms with E-state index in [1.165, 1.54) is 23.4 Å². The van der Waals surface area contributed by atoms with Gasteiger partial charge in [-0.05, 0) is 31.9 Å². The van der Waals surface area contributed by atoms with E-state index < -0.39 is 0 Å². The zero-order chi connectivity index (χ0) is 18.4. The van der Waals surface area contributed by atoms with Crippen LogP contribution in [-0.4, -0.2) is 28.6 Å². The number of H-pyrrole nitrogens is 1. The molecule has 3 aromatic rings. The fourth-order valence-electron chi connectivity index (χ4n) is 3.35. The molecule has 26 heavy (non-hydrogen) atoms. The Morgan fingerprint density at radius 3 is 2.81 bits per heavy atom. The van der Waals surface area contributed by atoms with E-state index in [1.54, 1.807) is 7.05 Å². The molecule has 5 nitrogen and oxygen atoms in total. The van der Waals surface area contributed by atoms with E-state index >= 15 is 0 Å². The second-order valence-electron chi connectivity index (χ2n) is 6.76. The first-order chi connectivity index (χ1) is 12.5. The van der Waals surface area contributed by atoms with Crippen LogP contribution in [-0.2, 0) is 6.42 Å². The monoisotopic (exact) mass is 345 g/mol. The van der Waals surface area contributed by atoms with E-state index in [0.29, 0.717) is 22.3 Å². The van der Waals surface area contributed by atoms with Crippen LogP contribution in [0.1, 0.15) is 40.1 Å². The van der Waals surface area contributed by atoms with Gasteiger partial charge in [0.15, 0.2) is 5.78 Å². The van der Waals surface area contributed by atoms with E-state index in [0.717, 1.165) is 22.8 Å². The first-order valence-electron chi connectivity index (χ1n) is 8.54. The number of hydrogen-bond donors (Lipinski definition) is 2. The van der Waals surface area contributed by atoms with Gasteiger partial charge in [-0.25, -0.2) is 0 Å². The van der Waals surface area contributed by atoms with Crippen LogP contribution in [0.25, 0.3) is 21.9 Å². The van der Waals surface area contributed by atoms with Crippen molar-refractivity contribution < 1.29 is 9.59 Å². The Hall–Kier alpha value is -3.21. The topological polar surface area (TPSA) is 74.8 Å². The molecule has 2 heterocycles. The highest BCUT2D eigenvalue weighted by atomic mass is 16.1. The largest absolute Gasteiger partial charge is 0.385 e. The average Bonchev–Trinajstić information content (AvgIpc) is 3.00. The molecule has 4 rings (SSSR count). The van der Waals surface area contributed by atoms with E-state index in [9.17, 15) is 9.59 Å². The summed E-state index contributed by atoms with van der Waals surface area (Å²) in [5.74, 6) is -0.396. The summed E-state index contributed by atoms with van der Waals surface area (Å²) in [6.45, 7) is 4.15. The Kier molecular flexibility index (Phi) is 3.72. The van der Waals surface area contributed by atoms with Crippen LogP contribution in [0.4, 0.5) is 0 Å². The van der Waals surface area contributed by atoms with Crippen LogP contribution >= 0.6 is 0 Å². The van der Waals surface area contributed by atoms with E-state index in [2.05, 4.69) is 47.3 Å². The Labute approximate surface area is 150 Å². The normalized spacial score (nSPS) is 13.7. The molecule has 0 aliphatic heterocycles. The molecule has 1 aromatic carbocycles. The molecule has 0 saturated carbocycles. The zero-order valence-corrected chi connectivity index (χ0v) is 14.9. The number of ketones is 2.